The van der Waals surface area contributed by atoms with Crippen molar-refractivity contribution in [3.63, 3.8) is 0 Å². The Morgan fingerprint density at radius 2 is 1.96 bits per heavy atom. The van der Waals surface area contributed by atoms with Gasteiger partial charge >= 0.3 is 0 Å². The van der Waals surface area contributed by atoms with E-state index in [-0.39, 0.29) is 32.6 Å². The van der Waals surface area contributed by atoms with Crippen molar-refractivity contribution in [1.82, 2.24) is 14.9 Å². The molecule has 28 heavy (non-hydrogen) atoms. The number of hydrogen-bond acceptors (Lipinski definition) is 5. The second-order valence-corrected chi connectivity index (χ2v) is 7.25. The van der Waals surface area contributed by atoms with Crippen LogP contribution < -0.4 is 10.4 Å². The highest BCUT2D eigenvalue weighted by molar-refractivity contribution is 9.10. The number of imidazole rings is 1. The number of benzene rings is 2. The van der Waals surface area contributed by atoms with E-state index in [1.54, 1.807) is 0 Å². The summed E-state index contributed by atoms with van der Waals surface area (Å²) < 4.78 is 27.8. The molecule has 0 atom stereocenters. The third-order valence-corrected chi connectivity index (χ3v) is 4.67. The second kappa shape index (κ2) is 8.21. The third kappa shape index (κ3) is 4.13. The van der Waals surface area contributed by atoms with Crippen LogP contribution in [0.3, 0.4) is 0 Å². The van der Waals surface area contributed by atoms with Gasteiger partial charge in [-0.3, -0.25) is 10.6 Å². The quantitative estimate of drug-likeness (QED) is 0.259. The summed E-state index contributed by atoms with van der Waals surface area (Å²) in [6.07, 6.45) is 0. The Bertz CT molecular complexity index is 1020. The lowest BCUT2D eigenvalue weighted by Crippen LogP contribution is -2.27. The third-order valence-electron chi connectivity index (χ3n) is 4.06. The fourth-order valence-electron chi connectivity index (χ4n) is 2.60. The van der Waals surface area contributed by atoms with Gasteiger partial charge in [-0.05, 0) is 60.4 Å². The number of amidine groups is 1. The standard InChI is InChI=1S/C18H19BrF2N6O/c1-26(2)8-7-23-18-24-15-11(4-6-14(21)16(15)25-18)17(22)27(28)10-3-5-13(20)12(19)9-10/h3-6,9,22,28H,7-8H2,1-2H3,(H2,23,24,25). The molecule has 7 nitrogen and oxygen atoms in total. The summed E-state index contributed by atoms with van der Waals surface area (Å²) in [7, 11) is 3.87. The van der Waals surface area contributed by atoms with Gasteiger partial charge in [-0.1, -0.05) is 0 Å². The lowest BCUT2D eigenvalue weighted by molar-refractivity contribution is 0.312. The summed E-state index contributed by atoms with van der Waals surface area (Å²) in [4.78, 5) is 9.14. The van der Waals surface area contributed by atoms with Crippen molar-refractivity contribution in [3.05, 3.63) is 52.0 Å². The molecule has 0 aliphatic carbocycles. The lowest BCUT2D eigenvalue weighted by Gasteiger charge is -2.18. The molecule has 0 fully saturated rings. The highest BCUT2D eigenvalue weighted by Crippen LogP contribution is 2.26. The maximum atomic E-state index is 14.2. The first-order valence-electron chi connectivity index (χ1n) is 8.37. The number of H-pyrrole nitrogens is 1. The second-order valence-electron chi connectivity index (χ2n) is 6.39. The van der Waals surface area contributed by atoms with Gasteiger partial charge in [-0.25, -0.2) is 18.8 Å². The summed E-state index contributed by atoms with van der Waals surface area (Å²) in [5.74, 6) is -0.982. The summed E-state index contributed by atoms with van der Waals surface area (Å²) in [6.45, 7) is 1.35. The van der Waals surface area contributed by atoms with Crippen LogP contribution in [0.2, 0.25) is 0 Å². The van der Waals surface area contributed by atoms with Gasteiger partial charge in [-0.15, -0.1) is 0 Å². The summed E-state index contributed by atoms with van der Waals surface area (Å²) in [6, 6.07) is 6.40. The van der Waals surface area contributed by atoms with Gasteiger partial charge < -0.3 is 15.2 Å². The molecule has 3 rings (SSSR count). The zero-order valence-electron chi connectivity index (χ0n) is 15.2. The first-order chi connectivity index (χ1) is 13.3. The predicted octanol–water partition coefficient (Wildman–Crippen LogP) is 3.80. The highest BCUT2D eigenvalue weighted by Gasteiger charge is 2.19. The maximum Gasteiger partial charge on any atom is 0.201 e. The number of anilines is 2. The Morgan fingerprint density at radius 3 is 2.64 bits per heavy atom. The summed E-state index contributed by atoms with van der Waals surface area (Å²) in [5.41, 5.74) is 0.757. The fourth-order valence-corrected chi connectivity index (χ4v) is 2.97. The molecule has 10 heteroatoms. The van der Waals surface area contributed by atoms with E-state index in [1.807, 2.05) is 19.0 Å². The molecule has 0 radical (unpaired) electrons. The first-order valence-corrected chi connectivity index (χ1v) is 9.17. The Morgan fingerprint density at radius 1 is 1.25 bits per heavy atom. The molecule has 0 unspecified atom stereocenters. The summed E-state index contributed by atoms with van der Waals surface area (Å²) >= 11 is 3.05. The number of nitrogens with one attached hydrogen (secondary N) is 3. The van der Waals surface area contributed by atoms with Gasteiger partial charge in [0, 0.05) is 18.7 Å². The van der Waals surface area contributed by atoms with Gasteiger partial charge in [0.2, 0.25) is 5.95 Å². The molecule has 1 heterocycles. The van der Waals surface area contributed by atoms with Crippen molar-refractivity contribution in [1.29, 1.82) is 5.41 Å². The van der Waals surface area contributed by atoms with Crippen molar-refractivity contribution in [2.75, 3.05) is 37.6 Å². The van der Waals surface area contributed by atoms with E-state index >= 15 is 0 Å². The van der Waals surface area contributed by atoms with Crippen LogP contribution in [0.15, 0.2) is 34.8 Å². The van der Waals surface area contributed by atoms with Gasteiger partial charge in [0.15, 0.2) is 11.7 Å². The number of aromatic nitrogens is 2. The average molecular weight is 453 g/mol. The molecule has 1 aromatic heterocycles. The predicted molar refractivity (Wildman–Crippen MR) is 108 cm³/mol. The number of hydroxylamine groups is 1. The van der Waals surface area contributed by atoms with Crippen molar-refractivity contribution in [3.8, 4) is 0 Å². The van der Waals surface area contributed by atoms with Crippen LogP contribution in [-0.2, 0) is 0 Å². The normalized spacial score (nSPS) is 11.2. The summed E-state index contributed by atoms with van der Waals surface area (Å²) in [5, 5.41) is 22.4. The van der Waals surface area contributed by atoms with Gasteiger partial charge in [-0.2, -0.15) is 0 Å². The van der Waals surface area contributed by atoms with Gasteiger partial charge in [0.05, 0.1) is 15.7 Å². The van der Waals surface area contributed by atoms with Crippen molar-refractivity contribution in [2.24, 2.45) is 0 Å². The minimum atomic E-state index is -0.544. The van der Waals surface area contributed by atoms with E-state index in [0.717, 1.165) is 6.54 Å². The number of fused-ring (bicyclic) bond motifs is 1. The molecule has 0 bridgehead atoms. The molecule has 148 valence electrons. The van der Waals surface area contributed by atoms with Crippen LogP contribution >= 0.6 is 15.9 Å². The number of aromatic amines is 1. The maximum absolute atomic E-state index is 14.2. The SMILES string of the molecule is CN(C)CCNc1nc2c(F)ccc(C(=N)N(O)c3ccc(F)c(Br)c3)c2[nH]1. The Balaban J connectivity index is 1.92. The van der Waals surface area contributed by atoms with Crippen LogP contribution in [-0.4, -0.2) is 53.1 Å². The van der Waals surface area contributed by atoms with E-state index in [0.29, 0.717) is 17.6 Å². The monoisotopic (exact) mass is 452 g/mol. The van der Waals surface area contributed by atoms with E-state index in [9.17, 15) is 14.0 Å². The molecular weight excluding hydrogens is 434 g/mol. The van der Waals surface area contributed by atoms with E-state index in [1.165, 1.54) is 30.3 Å². The van der Waals surface area contributed by atoms with Crippen LogP contribution in [0.25, 0.3) is 11.0 Å². The van der Waals surface area contributed by atoms with E-state index in [4.69, 9.17) is 5.41 Å². The molecule has 0 aliphatic heterocycles. The van der Waals surface area contributed by atoms with Crippen LogP contribution in [0.5, 0.6) is 0 Å². The zero-order valence-corrected chi connectivity index (χ0v) is 16.8. The smallest absolute Gasteiger partial charge is 0.201 e. The molecule has 4 N–H and O–H groups in total. The van der Waals surface area contributed by atoms with Crippen molar-refractivity contribution in [2.45, 2.75) is 0 Å². The minimum absolute atomic E-state index is 0.0586. The molecule has 0 amide bonds. The largest absolute Gasteiger partial charge is 0.355 e. The molecule has 0 spiro atoms. The Labute approximate surface area is 168 Å². The lowest BCUT2D eigenvalue weighted by atomic mass is 10.1. The number of halogens is 3. The first kappa shape index (κ1) is 20.2. The molecule has 2 aromatic carbocycles. The number of likely N-dealkylation sites (N-methyl/N-ethyl adjacent to an activating group) is 1. The Hall–Kier alpha value is -2.56. The number of rotatable bonds is 6. The van der Waals surface area contributed by atoms with Crippen LogP contribution in [0.1, 0.15) is 5.56 Å². The fraction of sp³-hybridized carbons (Fsp3) is 0.222. The van der Waals surface area contributed by atoms with Crippen LogP contribution in [0.4, 0.5) is 20.4 Å². The molecule has 3 aromatic rings. The van der Waals surface area contributed by atoms with E-state index < -0.39 is 11.6 Å². The molecular formula is C18H19BrF2N6O. The van der Waals surface area contributed by atoms with Crippen LogP contribution in [0, 0.1) is 17.0 Å². The minimum Gasteiger partial charge on any atom is -0.355 e. The van der Waals surface area contributed by atoms with E-state index in [2.05, 4.69) is 31.2 Å². The highest BCUT2D eigenvalue weighted by atomic mass is 79.9. The Kier molecular flexibility index (Phi) is 5.92. The van der Waals surface area contributed by atoms with Crippen molar-refractivity contribution >= 4 is 44.4 Å². The van der Waals surface area contributed by atoms with Crippen molar-refractivity contribution < 1.29 is 14.0 Å². The molecule has 0 saturated heterocycles. The van der Waals surface area contributed by atoms with Gasteiger partial charge in [0.1, 0.15) is 11.3 Å². The zero-order chi connectivity index (χ0) is 20.4. The topological polar surface area (TPSA) is 91.3 Å². The van der Waals surface area contributed by atoms with Gasteiger partial charge in [0.25, 0.3) is 0 Å². The number of hydrogen-bond donors (Lipinski definition) is 4. The average Bonchev–Trinajstić information content (AvgIpc) is 3.08. The molecule has 0 saturated carbocycles. The number of nitrogens with zero attached hydrogens (tertiary/aromatic N) is 3. The molecule has 0 aliphatic rings.